The summed E-state index contributed by atoms with van der Waals surface area (Å²) >= 11 is 0. The van der Waals surface area contributed by atoms with Crippen molar-refractivity contribution < 1.29 is 19.2 Å². The third kappa shape index (κ3) is 3.82. The Bertz CT molecular complexity index is 674. The van der Waals surface area contributed by atoms with E-state index >= 15 is 0 Å². The number of ether oxygens (including phenoxy) is 2. The van der Waals surface area contributed by atoms with Gasteiger partial charge in [0.05, 0.1) is 4.92 Å². The highest BCUT2D eigenvalue weighted by molar-refractivity contribution is 5.74. The lowest BCUT2D eigenvalue weighted by Gasteiger charge is -2.10. The first-order chi connectivity index (χ1) is 10.5. The van der Waals surface area contributed by atoms with Crippen molar-refractivity contribution in [2.24, 2.45) is 0 Å². The summed E-state index contributed by atoms with van der Waals surface area (Å²) in [7, 11) is 0. The molecule has 22 heavy (non-hydrogen) atoms. The van der Waals surface area contributed by atoms with E-state index < -0.39 is 10.9 Å². The lowest BCUT2D eigenvalue weighted by Crippen LogP contribution is -2.18. The lowest BCUT2D eigenvalue weighted by molar-refractivity contribution is -0.384. The van der Waals surface area contributed by atoms with Crippen LogP contribution in [0.1, 0.15) is 11.1 Å². The normalized spacial score (nSPS) is 10.1. The van der Waals surface area contributed by atoms with Crippen LogP contribution in [0.25, 0.3) is 0 Å². The van der Waals surface area contributed by atoms with Crippen molar-refractivity contribution in [1.82, 2.24) is 0 Å². The second-order valence-corrected chi connectivity index (χ2v) is 4.73. The van der Waals surface area contributed by atoms with E-state index in [4.69, 9.17) is 9.47 Å². The Morgan fingerprint density at radius 3 is 2.23 bits per heavy atom. The lowest BCUT2D eigenvalue weighted by atomic mass is 10.1. The Morgan fingerprint density at radius 2 is 1.68 bits per heavy atom. The molecule has 6 nitrogen and oxygen atoms in total. The van der Waals surface area contributed by atoms with Crippen molar-refractivity contribution in [1.29, 1.82) is 0 Å². The molecule has 2 rings (SSSR count). The number of nitrogens with zero attached hydrogens (tertiary/aromatic N) is 1. The Morgan fingerprint density at radius 1 is 1.09 bits per heavy atom. The van der Waals surface area contributed by atoms with Crippen LogP contribution in [0, 0.1) is 24.0 Å². The predicted molar refractivity (Wildman–Crippen MR) is 80.1 cm³/mol. The van der Waals surface area contributed by atoms with Gasteiger partial charge in [-0.25, -0.2) is 4.79 Å². The zero-order valence-corrected chi connectivity index (χ0v) is 12.2. The molecule has 0 saturated carbocycles. The molecule has 0 saturated heterocycles. The first-order valence-electron chi connectivity index (χ1n) is 6.61. The maximum atomic E-state index is 11.8. The summed E-state index contributed by atoms with van der Waals surface area (Å²) in [6.45, 7) is 3.44. The highest BCUT2D eigenvalue weighted by atomic mass is 16.6. The molecule has 6 heteroatoms. The van der Waals surface area contributed by atoms with Crippen LogP contribution < -0.4 is 9.47 Å². The number of aryl methyl sites for hydroxylation is 2. The second kappa shape index (κ2) is 6.71. The minimum atomic E-state index is -0.532. The van der Waals surface area contributed by atoms with Crippen LogP contribution in [0.3, 0.4) is 0 Å². The number of carbonyl (C=O) groups is 1. The van der Waals surface area contributed by atoms with Gasteiger partial charge in [0.1, 0.15) is 11.5 Å². The van der Waals surface area contributed by atoms with Crippen molar-refractivity contribution >= 4 is 11.7 Å². The molecule has 2 aromatic carbocycles. The monoisotopic (exact) mass is 301 g/mol. The van der Waals surface area contributed by atoms with E-state index in [1.807, 2.05) is 32.0 Å². The summed E-state index contributed by atoms with van der Waals surface area (Å²) in [4.78, 5) is 21.8. The van der Waals surface area contributed by atoms with Gasteiger partial charge in [0, 0.05) is 12.1 Å². The van der Waals surface area contributed by atoms with E-state index in [9.17, 15) is 14.9 Å². The summed E-state index contributed by atoms with van der Waals surface area (Å²) in [6, 6.07) is 11.1. The van der Waals surface area contributed by atoms with Crippen LogP contribution in [-0.4, -0.2) is 17.5 Å². The number of nitro groups is 1. The van der Waals surface area contributed by atoms with Gasteiger partial charge in [0.15, 0.2) is 6.61 Å². The SMILES string of the molecule is Cc1cccc(C)c1OC(=O)COc1ccc([N+](=O)[O-])cc1. The molecule has 0 amide bonds. The maximum absolute atomic E-state index is 11.8. The number of esters is 1. The van der Waals surface area contributed by atoms with Crippen LogP contribution in [0.5, 0.6) is 11.5 Å². The molecule has 2 aromatic rings. The van der Waals surface area contributed by atoms with Gasteiger partial charge >= 0.3 is 5.97 Å². The zero-order chi connectivity index (χ0) is 16.1. The molecule has 0 N–H and O–H groups in total. The molecule has 0 aliphatic rings. The van der Waals surface area contributed by atoms with Crippen LogP contribution in [0.15, 0.2) is 42.5 Å². The fourth-order valence-electron chi connectivity index (χ4n) is 1.91. The molecule has 0 heterocycles. The minimum Gasteiger partial charge on any atom is -0.482 e. The molecule has 114 valence electrons. The summed E-state index contributed by atoms with van der Waals surface area (Å²) in [6.07, 6.45) is 0. The van der Waals surface area contributed by atoms with Gasteiger partial charge in [-0.2, -0.15) is 0 Å². The molecule has 0 radical (unpaired) electrons. The number of nitro benzene ring substituents is 1. The Hall–Kier alpha value is -2.89. The molecule has 0 aliphatic carbocycles. The predicted octanol–water partition coefficient (Wildman–Crippen LogP) is 3.20. The number of non-ortho nitro benzene ring substituents is 1. The topological polar surface area (TPSA) is 78.7 Å². The number of para-hydroxylation sites is 1. The van der Waals surface area contributed by atoms with Gasteiger partial charge < -0.3 is 9.47 Å². The molecule has 0 unspecified atom stereocenters. The maximum Gasteiger partial charge on any atom is 0.349 e. The number of carbonyl (C=O) groups excluding carboxylic acids is 1. The van der Waals surface area contributed by atoms with Crippen molar-refractivity contribution in [3.8, 4) is 11.5 Å². The van der Waals surface area contributed by atoms with Gasteiger partial charge in [0.2, 0.25) is 0 Å². The van der Waals surface area contributed by atoms with Crippen LogP contribution in [0.2, 0.25) is 0 Å². The molecule has 0 fully saturated rings. The molecular formula is C16H15NO5. The molecular weight excluding hydrogens is 286 g/mol. The van der Waals surface area contributed by atoms with E-state index in [1.165, 1.54) is 24.3 Å². The Kier molecular flexibility index (Phi) is 4.73. The summed E-state index contributed by atoms with van der Waals surface area (Å²) in [5, 5.41) is 10.5. The van der Waals surface area contributed by atoms with E-state index in [0.717, 1.165) is 11.1 Å². The van der Waals surface area contributed by atoms with Crippen molar-refractivity contribution in [3.63, 3.8) is 0 Å². The smallest absolute Gasteiger partial charge is 0.349 e. The van der Waals surface area contributed by atoms with Crippen molar-refractivity contribution in [2.45, 2.75) is 13.8 Å². The number of hydrogen-bond acceptors (Lipinski definition) is 5. The molecule has 0 aliphatic heterocycles. The van der Waals surface area contributed by atoms with Gasteiger partial charge in [-0.05, 0) is 37.1 Å². The van der Waals surface area contributed by atoms with E-state index in [2.05, 4.69) is 0 Å². The summed E-state index contributed by atoms with van der Waals surface area (Å²) in [5.74, 6) is 0.361. The van der Waals surface area contributed by atoms with Gasteiger partial charge in [-0.1, -0.05) is 18.2 Å². The Labute approximate surface area is 127 Å². The number of hydrogen-bond donors (Lipinski definition) is 0. The first kappa shape index (κ1) is 15.5. The van der Waals surface area contributed by atoms with E-state index in [1.54, 1.807) is 0 Å². The molecule has 0 aromatic heterocycles. The molecule has 0 bridgehead atoms. The van der Waals surface area contributed by atoms with Crippen molar-refractivity contribution in [3.05, 3.63) is 63.7 Å². The fourth-order valence-corrected chi connectivity index (χ4v) is 1.91. The summed E-state index contributed by atoms with van der Waals surface area (Å²) in [5.41, 5.74) is 1.69. The van der Waals surface area contributed by atoms with Crippen LogP contribution in [-0.2, 0) is 4.79 Å². The fraction of sp³-hybridized carbons (Fsp3) is 0.188. The van der Waals surface area contributed by atoms with Gasteiger partial charge in [0.25, 0.3) is 5.69 Å². The standard InChI is InChI=1S/C16H15NO5/c1-11-4-3-5-12(2)16(11)22-15(18)10-21-14-8-6-13(7-9-14)17(19)20/h3-9H,10H2,1-2H3. The summed E-state index contributed by atoms with van der Waals surface area (Å²) < 4.78 is 10.5. The van der Waals surface area contributed by atoms with E-state index in [-0.39, 0.29) is 12.3 Å². The third-order valence-electron chi connectivity index (χ3n) is 3.03. The minimum absolute atomic E-state index is 0.0366. The third-order valence-corrected chi connectivity index (χ3v) is 3.03. The molecule has 0 spiro atoms. The first-order valence-corrected chi connectivity index (χ1v) is 6.61. The van der Waals surface area contributed by atoms with Crippen LogP contribution in [0.4, 0.5) is 5.69 Å². The quantitative estimate of drug-likeness (QED) is 0.367. The number of rotatable bonds is 5. The Balaban J connectivity index is 1.94. The second-order valence-electron chi connectivity index (χ2n) is 4.73. The average Bonchev–Trinajstić information content (AvgIpc) is 2.49. The van der Waals surface area contributed by atoms with Crippen LogP contribution >= 0.6 is 0 Å². The average molecular weight is 301 g/mol. The highest BCUT2D eigenvalue weighted by Crippen LogP contribution is 2.22. The number of benzene rings is 2. The molecule has 0 atom stereocenters. The van der Waals surface area contributed by atoms with Gasteiger partial charge in [-0.3, -0.25) is 10.1 Å². The van der Waals surface area contributed by atoms with Crippen molar-refractivity contribution in [2.75, 3.05) is 6.61 Å². The highest BCUT2D eigenvalue weighted by Gasteiger charge is 2.11. The largest absolute Gasteiger partial charge is 0.482 e. The van der Waals surface area contributed by atoms with Gasteiger partial charge in [-0.15, -0.1) is 0 Å². The van der Waals surface area contributed by atoms with E-state index in [0.29, 0.717) is 11.5 Å². The zero-order valence-electron chi connectivity index (χ0n) is 12.2.